The summed E-state index contributed by atoms with van der Waals surface area (Å²) >= 11 is 1.05. The number of para-hydroxylation sites is 1. The number of methoxy groups -OCH3 is 1. The van der Waals surface area contributed by atoms with Crippen molar-refractivity contribution in [2.24, 2.45) is 0 Å². The van der Waals surface area contributed by atoms with Crippen LogP contribution in [0.25, 0.3) is 10.9 Å². The standard InChI is InChI=1S/C14H11N3O3S/c1-20-14(19)8-6-10(21-13(8)15)12(18)11-7-4-2-3-5-9(7)16-17-11/h2-6H,15H2,1H3,(H,16,17). The third-order valence-electron chi connectivity index (χ3n) is 3.08. The van der Waals surface area contributed by atoms with Crippen LogP contribution < -0.4 is 5.73 Å². The lowest BCUT2D eigenvalue weighted by molar-refractivity contribution is 0.0602. The van der Waals surface area contributed by atoms with Crippen LogP contribution in [0.2, 0.25) is 0 Å². The quantitative estimate of drug-likeness (QED) is 0.571. The average molecular weight is 301 g/mol. The molecule has 106 valence electrons. The molecule has 0 saturated carbocycles. The van der Waals surface area contributed by atoms with Crippen LogP contribution in [0.5, 0.6) is 0 Å². The molecule has 2 aromatic heterocycles. The highest BCUT2D eigenvalue weighted by atomic mass is 32.1. The summed E-state index contributed by atoms with van der Waals surface area (Å²) in [6.07, 6.45) is 0. The Labute approximate surface area is 123 Å². The fraction of sp³-hybridized carbons (Fsp3) is 0.0714. The normalized spacial score (nSPS) is 10.7. The first-order valence-electron chi connectivity index (χ1n) is 6.07. The van der Waals surface area contributed by atoms with Crippen molar-refractivity contribution in [2.45, 2.75) is 0 Å². The van der Waals surface area contributed by atoms with Gasteiger partial charge in [0.2, 0.25) is 5.78 Å². The zero-order valence-corrected chi connectivity index (χ0v) is 11.9. The summed E-state index contributed by atoms with van der Waals surface area (Å²) in [5.41, 5.74) is 7.04. The lowest BCUT2D eigenvalue weighted by atomic mass is 10.1. The van der Waals surface area contributed by atoms with Crippen LogP contribution >= 0.6 is 11.3 Å². The second kappa shape index (κ2) is 5.02. The number of ether oxygens (including phenoxy) is 1. The molecule has 0 fully saturated rings. The van der Waals surface area contributed by atoms with Crippen LogP contribution in [0.15, 0.2) is 30.3 Å². The molecule has 6 nitrogen and oxygen atoms in total. The lowest BCUT2D eigenvalue weighted by Gasteiger charge is -1.95. The molecule has 2 heterocycles. The number of thiophene rings is 1. The summed E-state index contributed by atoms with van der Waals surface area (Å²) in [5.74, 6) is -0.839. The molecule has 3 aromatic rings. The predicted molar refractivity (Wildman–Crippen MR) is 79.6 cm³/mol. The summed E-state index contributed by atoms with van der Waals surface area (Å²) in [4.78, 5) is 24.4. The van der Waals surface area contributed by atoms with Crippen LogP contribution in [0.3, 0.4) is 0 Å². The second-order valence-corrected chi connectivity index (χ2v) is 5.41. The molecular weight excluding hydrogens is 290 g/mol. The van der Waals surface area contributed by atoms with Crippen LogP contribution in [0, 0.1) is 0 Å². The highest BCUT2D eigenvalue weighted by Crippen LogP contribution is 2.28. The maximum Gasteiger partial charge on any atom is 0.340 e. The minimum absolute atomic E-state index is 0.200. The highest BCUT2D eigenvalue weighted by Gasteiger charge is 2.22. The molecule has 7 heteroatoms. The fourth-order valence-corrected chi connectivity index (χ4v) is 2.90. The van der Waals surface area contributed by atoms with Crippen LogP contribution in [-0.4, -0.2) is 29.1 Å². The van der Waals surface area contributed by atoms with Crippen LogP contribution in [-0.2, 0) is 4.74 Å². The Kier molecular flexibility index (Phi) is 3.19. The van der Waals surface area contributed by atoms with E-state index in [4.69, 9.17) is 5.73 Å². The van der Waals surface area contributed by atoms with E-state index in [0.29, 0.717) is 10.6 Å². The van der Waals surface area contributed by atoms with Gasteiger partial charge in [0.15, 0.2) is 0 Å². The third kappa shape index (κ3) is 2.17. The number of H-pyrrole nitrogens is 1. The Hall–Kier alpha value is -2.67. The molecule has 0 amide bonds. The first-order chi connectivity index (χ1) is 10.1. The number of aromatic amines is 1. The van der Waals surface area contributed by atoms with Crippen molar-refractivity contribution in [1.29, 1.82) is 0 Å². The summed E-state index contributed by atoms with van der Waals surface area (Å²) in [7, 11) is 1.27. The van der Waals surface area contributed by atoms with Gasteiger partial charge in [-0.2, -0.15) is 5.10 Å². The van der Waals surface area contributed by atoms with Crippen molar-refractivity contribution in [3.05, 3.63) is 46.5 Å². The highest BCUT2D eigenvalue weighted by molar-refractivity contribution is 7.18. The van der Waals surface area contributed by atoms with E-state index in [1.54, 1.807) is 0 Å². The molecule has 0 radical (unpaired) electrons. The summed E-state index contributed by atoms with van der Waals surface area (Å²) in [6, 6.07) is 8.77. The van der Waals surface area contributed by atoms with Gasteiger partial charge in [-0.3, -0.25) is 9.89 Å². The molecule has 0 aliphatic carbocycles. The lowest BCUT2D eigenvalue weighted by Crippen LogP contribution is -2.03. The molecule has 21 heavy (non-hydrogen) atoms. The van der Waals surface area contributed by atoms with E-state index in [-0.39, 0.29) is 16.3 Å². The van der Waals surface area contributed by atoms with Gasteiger partial charge in [0.1, 0.15) is 10.7 Å². The average Bonchev–Trinajstić information content (AvgIpc) is 3.09. The number of fused-ring (bicyclic) bond motifs is 1. The number of hydrogen-bond acceptors (Lipinski definition) is 6. The Bertz CT molecular complexity index is 850. The summed E-state index contributed by atoms with van der Waals surface area (Å²) in [5, 5.41) is 7.84. The SMILES string of the molecule is COC(=O)c1cc(C(=O)c2n[nH]c3ccccc23)sc1N. The number of carbonyl (C=O) groups excluding carboxylic acids is 2. The second-order valence-electron chi connectivity index (χ2n) is 4.33. The summed E-state index contributed by atoms with van der Waals surface area (Å²) in [6.45, 7) is 0. The van der Waals surface area contributed by atoms with Gasteiger partial charge in [0.05, 0.1) is 23.1 Å². The first kappa shape index (κ1) is 13.3. The zero-order valence-electron chi connectivity index (χ0n) is 11.0. The van der Waals surface area contributed by atoms with Crippen molar-refractivity contribution in [3.8, 4) is 0 Å². The smallest absolute Gasteiger partial charge is 0.340 e. The van der Waals surface area contributed by atoms with Gasteiger partial charge in [-0.15, -0.1) is 11.3 Å². The number of nitrogens with one attached hydrogen (secondary N) is 1. The maximum atomic E-state index is 12.5. The predicted octanol–water partition coefficient (Wildman–Crippen LogP) is 2.22. The number of esters is 1. The third-order valence-corrected chi connectivity index (χ3v) is 4.04. The zero-order chi connectivity index (χ0) is 15.0. The molecule has 1 aromatic carbocycles. The van der Waals surface area contributed by atoms with E-state index in [0.717, 1.165) is 22.2 Å². The number of ketones is 1. The number of nitrogens with zero attached hydrogens (tertiary/aromatic N) is 1. The van der Waals surface area contributed by atoms with Gasteiger partial charge in [-0.1, -0.05) is 18.2 Å². The minimum atomic E-state index is -0.560. The van der Waals surface area contributed by atoms with Gasteiger partial charge in [-0.05, 0) is 12.1 Å². The van der Waals surface area contributed by atoms with E-state index in [9.17, 15) is 9.59 Å². The molecule has 0 spiro atoms. The molecular formula is C14H11N3O3S. The number of benzene rings is 1. The number of nitrogens with two attached hydrogens (primary N) is 1. The van der Waals surface area contributed by atoms with E-state index in [2.05, 4.69) is 14.9 Å². The summed E-state index contributed by atoms with van der Waals surface area (Å²) < 4.78 is 4.63. The van der Waals surface area contributed by atoms with Gasteiger partial charge in [0.25, 0.3) is 0 Å². The number of rotatable bonds is 3. The van der Waals surface area contributed by atoms with Gasteiger partial charge >= 0.3 is 5.97 Å². The fourth-order valence-electron chi connectivity index (χ4n) is 2.04. The molecule has 3 rings (SSSR count). The Balaban J connectivity index is 2.05. The molecule has 0 saturated heterocycles. The molecule has 0 bridgehead atoms. The van der Waals surface area contributed by atoms with E-state index in [1.807, 2.05) is 24.3 Å². The van der Waals surface area contributed by atoms with E-state index >= 15 is 0 Å². The largest absolute Gasteiger partial charge is 0.465 e. The molecule has 0 aliphatic heterocycles. The van der Waals surface area contributed by atoms with Crippen LogP contribution in [0.4, 0.5) is 5.00 Å². The molecule has 0 unspecified atom stereocenters. The molecule has 3 N–H and O–H groups in total. The monoisotopic (exact) mass is 301 g/mol. The Morgan fingerprint density at radius 1 is 1.33 bits per heavy atom. The number of nitrogen functional groups attached to an aromatic ring is 1. The number of hydrogen-bond donors (Lipinski definition) is 2. The van der Waals surface area contributed by atoms with Gasteiger partial charge in [0, 0.05) is 5.39 Å². The topological polar surface area (TPSA) is 98.1 Å². The Morgan fingerprint density at radius 2 is 2.10 bits per heavy atom. The minimum Gasteiger partial charge on any atom is -0.465 e. The molecule has 0 atom stereocenters. The van der Waals surface area contributed by atoms with Gasteiger partial charge < -0.3 is 10.5 Å². The Morgan fingerprint density at radius 3 is 2.86 bits per heavy atom. The maximum absolute atomic E-state index is 12.5. The van der Waals surface area contributed by atoms with E-state index in [1.165, 1.54) is 13.2 Å². The van der Waals surface area contributed by atoms with Crippen molar-refractivity contribution >= 4 is 39.0 Å². The number of carbonyl (C=O) groups is 2. The van der Waals surface area contributed by atoms with Crippen molar-refractivity contribution in [1.82, 2.24) is 10.2 Å². The van der Waals surface area contributed by atoms with Crippen LogP contribution in [0.1, 0.15) is 25.7 Å². The number of anilines is 1. The van der Waals surface area contributed by atoms with Crippen molar-refractivity contribution in [2.75, 3.05) is 12.8 Å². The van der Waals surface area contributed by atoms with E-state index < -0.39 is 5.97 Å². The molecule has 0 aliphatic rings. The van der Waals surface area contributed by atoms with Crippen molar-refractivity contribution in [3.63, 3.8) is 0 Å². The number of aromatic nitrogens is 2. The van der Waals surface area contributed by atoms with Crippen molar-refractivity contribution < 1.29 is 14.3 Å². The van der Waals surface area contributed by atoms with Gasteiger partial charge in [-0.25, -0.2) is 4.79 Å². The first-order valence-corrected chi connectivity index (χ1v) is 6.89.